The Kier molecular flexibility index (Phi) is 5.44. The van der Waals surface area contributed by atoms with Crippen molar-refractivity contribution in [2.75, 3.05) is 36.4 Å². The van der Waals surface area contributed by atoms with E-state index in [9.17, 15) is 22.8 Å². The Morgan fingerprint density at radius 1 is 1.29 bits per heavy atom. The van der Waals surface area contributed by atoms with Crippen LogP contribution in [0.2, 0.25) is 0 Å². The molecule has 3 aromatic rings. The fraction of sp³-hybridized carbons (Fsp3) is 0.350. The summed E-state index contributed by atoms with van der Waals surface area (Å²) in [5.41, 5.74) is 0.635. The van der Waals surface area contributed by atoms with Crippen LogP contribution in [0.25, 0.3) is 11.1 Å². The molecule has 1 amide bonds. The van der Waals surface area contributed by atoms with Gasteiger partial charge in [-0.1, -0.05) is 0 Å². The number of amides is 1. The minimum atomic E-state index is -4.41. The molecular formula is C20H20F3N5O3. The van der Waals surface area contributed by atoms with Crippen LogP contribution in [-0.4, -0.2) is 53.0 Å². The number of alkyl halides is 3. The maximum atomic E-state index is 12.7. The number of pyridine rings is 1. The van der Waals surface area contributed by atoms with Crippen molar-refractivity contribution in [1.29, 1.82) is 0 Å². The predicted octanol–water partition coefficient (Wildman–Crippen LogP) is 2.68. The highest BCUT2D eigenvalue weighted by Crippen LogP contribution is 2.29. The lowest BCUT2D eigenvalue weighted by atomic mass is 10.1. The molecule has 1 aromatic carbocycles. The number of hydrogen-bond acceptors (Lipinski definition) is 6. The lowest BCUT2D eigenvalue weighted by molar-refractivity contribution is -0.137. The fourth-order valence-corrected chi connectivity index (χ4v) is 3.59. The van der Waals surface area contributed by atoms with Crippen LogP contribution in [0.3, 0.4) is 0 Å². The van der Waals surface area contributed by atoms with Gasteiger partial charge in [-0.05, 0) is 31.2 Å². The van der Waals surface area contributed by atoms with Crippen LogP contribution in [0.15, 0.2) is 45.7 Å². The number of oxazole rings is 1. The van der Waals surface area contributed by atoms with Gasteiger partial charge in [0.2, 0.25) is 5.91 Å². The smallest absolute Gasteiger partial charge is 0.408 e. The van der Waals surface area contributed by atoms with Gasteiger partial charge in [0.1, 0.15) is 5.82 Å². The van der Waals surface area contributed by atoms with Crippen LogP contribution in [-0.2, 0) is 11.0 Å². The molecule has 31 heavy (non-hydrogen) atoms. The molecule has 0 bridgehead atoms. The van der Waals surface area contributed by atoms with E-state index in [0.29, 0.717) is 42.2 Å². The molecule has 1 aliphatic heterocycles. The van der Waals surface area contributed by atoms with Crippen molar-refractivity contribution in [1.82, 2.24) is 14.9 Å². The highest BCUT2D eigenvalue weighted by Gasteiger charge is 2.31. The first-order valence-electron chi connectivity index (χ1n) is 9.64. The van der Waals surface area contributed by atoms with Gasteiger partial charge < -0.3 is 14.6 Å². The largest absolute Gasteiger partial charge is 0.417 e. The second kappa shape index (κ2) is 8.06. The number of rotatable bonds is 4. The molecule has 11 heteroatoms. The number of halogens is 3. The zero-order chi connectivity index (χ0) is 22.2. The number of carbonyl (C=O) groups excluding carboxylic acids is 1. The first-order chi connectivity index (χ1) is 14.7. The third-order valence-electron chi connectivity index (χ3n) is 5.22. The summed E-state index contributed by atoms with van der Waals surface area (Å²) in [6.07, 6.45) is -3.58. The monoisotopic (exact) mass is 435 g/mol. The second-order valence-corrected chi connectivity index (χ2v) is 7.44. The molecule has 1 aliphatic rings. The van der Waals surface area contributed by atoms with E-state index in [1.807, 2.05) is 16.7 Å². The van der Waals surface area contributed by atoms with E-state index < -0.39 is 17.5 Å². The number of carbonyl (C=O) groups is 1. The van der Waals surface area contributed by atoms with Crippen LogP contribution < -0.4 is 16.0 Å². The molecule has 1 atom stereocenters. The Morgan fingerprint density at radius 3 is 2.77 bits per heavy atom. The van der Waals surface area contributed by atoms with Crippen LogP contribution >= 0.6 is 0 Å². The number of aromatic amines is 1. The van der Waals surface area contributed by atoms with Crippen LogP contribution in [0.5, 0.6) is 0 Å². The molecule has 2 N–H and O–H groups in total. The summed E-state index contributed by atoms with van der Waals surface area (Å²) >= 11 is 0. The summed E-state index contributed by atoms with van der Waals surface area (Å²) in [5, 5.41) is 2.79. The van der Waals surface area contributed by atoms with E-state index in [-0.39, 0.29) is 18.5 Å². The van der Waals surface area contributed by atoms with Gasteiger partial charge in [0.05, 0.1) is 17.6 Å². The van der Waals surface area contributed by atoms with E-state index in [1.54, 1.807) is 18.2 Å². The standard InChI is InChI=1S/C20H20F3N5O3/c1-12-10-28(17-5-2-13(9-24-17)20(21,22)23)7-6-27(12)11-18(29)25-14-3-4-15-16(8-14)31-19(30)26-15/h2-5,8-9,12H,6-7,10-11H2,1H3,(H,25,29)(H,26,30)/t12-/m1/s1. The van der Waals surface area contributed by atoms with E-state index >= 15 is 0 Å². The molecule has 164 valence electrons. The maximum Gasteiger partial charge on any atom is 0.417 e. The first kappa shape index (κ1) is 20.9. The molecule has 3 heterocycles. The van der Waals surface area contributed by atoms with Crippen molar-refractivity contribution in [3.05, 3.63) is 52.6 Å². The highest BCUT2D eigenvalue weighted by molar-refractivity contribution is 5.94. The Morgan fingerprint density at radius 2 is 2.10 bits per heavy atom. The molecule has 0 saturated carbocycles. The Hall–Kier alpha value is -3.34. The highest BCUT2D eigenvalue weighted by atomic mass is 19.4. The number of aromatic nitrogens is 2. The Balaban J connectivity index is 1.34. The molecule has 0 unspecified atom stereocenters. The molecule has 1 saturated heterocycles. The number of anilines is 2. The van der Waals surface area contributed by atoms with Gasteiger partial charge in [-0.2, -0.15) is 13.2 Å². The Bertz CT molecular complexity index is 1140. The van der Waals surface area contributed by atoms with Crippen LogP contribution in [0, 0.1) is 0 Å². The number of hydrogen-bond donors (Lipinski definition) is 2. The van der Waals surface area contributed by atoms with Crippen molar-refractivity contribution >= 4 is 28.5 Å². The number of H-pyrrole nitrogens is 1. The molecular weight excluding hydrogens is 415 g/mol. The Labute approximate surface area is 174 Å². The van der Waals surface area contributed by atoms with Gasteiger partial charge in [0.25, 0.3) is 0 Å². The lowest BCUT2D eigenvalue weighted by Gasteiger charge is -2.40. The van der Waals surface area contributed by atoms with Crippen molar-refractivity contribution in [3.8, 4) is 0 Å². The molecule has 4 rings (SSSR count). The number of piperazine rings is 1. The number of fused-ring (bicyclic) bond motifs is 1. The van der Waals surface area contributed by atoms with Gasteiger partial charge in [-0.15, -0.1) is 0 Å². The summed E-state index contributed by atoms with van der Waals surface area (Å²) in [7, 11) is 0. The van der Waals surface area contributed by atoms with E-state index in [2.05, 4.69) is 15.3 Å². The first-order valence-corrected chi connectivity index (χ1v) is 9.64. The lowest BCUT2D eigenvalue weighted by Crippen LogP contribution is -2.54. The third kappa shape index (κ3) is 4.71. The molecule has 8 nitrogen and oxygen atoms in total. The van der Waals surface area contributed by atoms with Crippen LogP contribution in [0.4, 0.5) is 24.7 Å². The van der Waals surface area contributed by atoms with E-state index in [0.717, 1.165) is 12.3 Å². The van der Waals surface area contributed by atoms with Gasteiger partial charge in [-0.25, -0.2) is 9.78 Å². The van der Waals surface area contributed by atoms with E-state index in [1.165, 1.54) is 6.07 Å². The number of nitrogens with zero attached hydrogens (tertiary/aromatic N) is 3. The van der Waals surface area contributed by atoms with Gasteiger partial charge >= 0.3 is 11.9 Å². The van der Waals surface area contributed by atoms with Crippen LogP contribution in [0.1, 0.15) is 12.5 Å². The zero-order valence-electron chi connectivity index (χ0n) is 16.6. The topological polar surface area (TPSA) is 94.5 Å². The molecule has 0 spiro atoms. The number of benzene rings is 1. The quantitative estimate of drug-likeness (QED) is 0.655. The minimum absolute atomic E-state index is 0.00577. The average Bonchev–Trinajstić information content (AvgIpc) is 3.08. The van der Waals surface area contributed by atoms with E-state index in [4.69, 9.17) is 4.42 Å². The average molecular weight is 435 g/mol. The molecule has 1 fully saturated rings. The summed E-state index contributed by atoms with van der Waals surface area (Å²) < 4.78 is 43.1. The summed E-state index contributed by atoms with van der Waals surface area (Å²) in [4.78, 5) is 34.1. The molecule has 0 aliphatic carbocycles. The van der Waals surface area contributed by atoms with Gasteiger partial charge in [-0.3, -0.25) is 14.7 Å². The summed E-state index contributed by atoms with van der Waals surface area (Å²) in [6.45, 7) is 3.74. The third-order valence-corrected chi connectivity index (χ3v) is 5.22. The number of nitrogens with one attached hydrogen (secondary N) is 2. The van der Waals surface area contributed by atoms with Gasteiger partial charge in [0, 0.05) is 43.6 Å². The van der Waals surface area contributed by atoms with Gasteiger partial charge in [0.15, 0.2) is 5.58 Å². The van der Waals surface area contributed by atoms with Crippen molar-refractivity contribution in [3.63, 3.8) is 0 Å². The van der Waals surface area contributed by atoms with Crippen molar-refractivity contribution in [2.45, 2.75) is 19.1 Å². The normalized spacial score (nSPS) is 17.8. The fourth-order valence-electron chi connectivity index (χ4n) is 3.59. The molecule has 2 aromatic heterocycles. The second-order valence-electron chi connectivity index (χ2n) is 7.44. The maximum absolute atomic E-state index is 12.7. The van der Waals surface area contributed by atoms with Crippen molar-refractivity contribution in [2.24, 2.45) is 0 Å². The minimum Gasteiger partial charge on any atom is -0.408 e. The van der Waals surface area contributed by atoms with Crippen molar-refractivity contribution < 1.29 is 22.4 Å². The predicted molar refractivity (Wildman–Crippen MR) is 108 cm³/mol. The molecule has 0 radical (unpaired) electrons. The SMILES string of the molecule is C[C@@H]1CN(c2ccc(C(F)(F)F)cn2)CCN1CC(=O)Nc1ccc2[nH]c(=O)oc2c1. The summed E-state index contributed by atoms with van der Waals surface area (Å²) in [5.74, 6) is -0.303. The zero-order valence-corrected chi connectivity index (χ0v) is 16.6. The summed E-state index contributed by atoms with van der Waals surface area (Å²) in [6, 6.07) is 7.28.